The standard InChI is InChI=1S/C17H13F2NO/c18-13-7-11(8-14(19)10-13)9-17(21)16-6-5-12-3-1-2-4-15(12)20-16/h1-8,10,17,21H,9H2. The maximum absolute atomic E-state index is 13.2. The first-order valence-corrected chi connectivity index (χ1v) is 6.60. The average molecular weight is 285 g/mol. The van der Waals surface area contributed by atoms with Gasteiger partial charge in [-0.05, 0) is 29.8 Å². The molecule has 4 heteroatoms. The van der Waals surface area contributed by atoms with Crippen molar-refractivity contribution in [3.05, 3.63) is 77.5 Å². The molecule has 2 aromatic carbocycles. The van der Waals surface area contributed by atoms with Gasteiger partial charge in [0.1, 0.15) is 11.6 Å². The molecule has 3 rings (SSSR count). The molecule has 1 aromatic heterocycles. The van der Waals surface area contributed by atoms with Gasteiger partial charge < -0.3 is 5.11 Å². The topological polar surface area (TPSA) is 33.1 Å². The molecule has 1 N–H and O–H groups in total. The van der Waals surface area contributed by atoms with E-state index in [4.69, 9.17) is 0 Å². The van der Waals surface area contributed by atoms with Gasteiger partial charge in [0.15, 0.2) is 0 Å². The van der Waals surface area contributed by atoms with Crippen LogP contribution in [-0.2, 0) is 6.42 Å². The number of benzene rings is 2. The van der Waals surface area contributed by atoms with E-state index in [0.717, 1.165) is 17.0 Å². The Labute approximate surface area is 120 Å². The van der Waals surface area contributed by atoms with E-state index in [0.29, 0.717) is 11.3 Å². The minimum Gasteiger partial charge on any atom is -0.386 e. The predicted molar refractivity (Wildman–Crippen MR) is 76.8 cm³/mol. The number of para-hydroxylation sites is 1. The molecule has 0 fully saturated rings. The maximum atomic E-state index is 13.2. The molecule has 0 saturated heterocycles. The van der Waals surface area contributed by atoms with Crippen molar-refractivity contribution in [3.8, 4) is 0 Å². The molecule has 21 heavy (non-hydrogen) atoms. The van der Waals surface area contributed by atoms with E-state index in [1.54, 1.807) is 6.07 Å². The Bertz CT molecular complexity index is 768. The molecule has 1 unspecified atom stereocenters. The third kappa shape index (κ3) is 3.06. The SMILES string of the molecule is OC(Cc1cc(F)cc(F)c1)c1ccc2ccccc2n1. The molecule has 0 radical (unpaired) electrons. The van der Waals surface area contributed by atoms with E-state index in [1.165, 1.54) is 12.1 Å². The molecule has 0 bridgehead atoms. The zero-order valence-electron chi connectivity index (χ0n) is 11.1. The fourth-order valence-electron chi connectivity index (χ4n) is 2.32. The first kappa shape index (κ1) is 13.6. The largest absolute Gasteiger partial charge is 0.386 e. The van der Waals surface area contributed by atoms with Crippen LogP contribution in [-0.4, -0.2) is 10.1 Å². The summed E-state index contributed by atoms with van der Waals surface area (Å²) in [5, 5.41) is 11.2. The summed E-state index contributed by atoms with van der Waals surface area (Å²) in [6, 6.07) is 14.4. The summed E-state index contributed by atoms with van der Waals surface area (Å²) in [6.45, 7) is 0. The third-order valence-electron chi connectivity index (χ3n) is 3.31. The Morgan fingerprint density at radius 1 is 0.952 bits per heavy atom. The summed E-state index contributed by atoms with van der Waals surface area (Å²) in [5.41, 5.74) is 1.66. The second-order valence-corrected chi connectivity index (χ2v) is 4.93. The van der Waals surface area contributed by atoms with Gasteiger partial charge in [0, 0.05) is 17.9 Å². The van der Waals surface area contributed by atoms with E-state index >= 15 is 0 Å². The number of aromatic nitrogens is 1. The normalized spacial score (nSPS) is 12.5. The highest BCUT2D eigenvalue weighted by Gasteiger charge is 2.12. The molecule has 0 amide bonds. The number of pyridine rings is 1. The molecule has 2 nitrogen and oxygen atoms in total. The van der Waals surface area contributed by atoms with E-state index < -0.39 is 17.7 Å². The number of halogens is 2. The first-order valence-electron chi connectivity index (χ1n) is 6.60. The Balaban J connectivity index is 1.87. The molecular formula is C17H13F2NO. The quantitative estimate of drug-likeness (QED) is 0.794. The Kier molecular flexibility index (Phi) is 3.62. The van der Waals surface area contributed by atoms with Crippen molar-refractivity contribution >= 4 is 10.9 Å². The lowest BCUT2D eigenvalue weighted by atomic mass is 10.0. The van der Waals surface area contributed by atoms with Crippen LogP contribution in [0, 0.1) is 11.6 Å². The van der Waals surface area contributed by atoms with Crippen molar-refractivity contribution in [1.29, 1.82) is 0 Å². The Morgan fingerprint density at radius 2 is 1.67 bits per heavy atom. The molecule has 0 aliphatic rings. The number of hydrogen-bond acceptors (Lipinski definition) is 2. The number of nitrogens with zero attached hydrogens (tertiary/aromatic N) is 1. The van der Waals surface area contributed by atoms with Gasteiger partial charge in [-0.3, -0.25) is 4.98 Å². The highest BCUT2D eigenvalue weighted by atomic mass is 19.1. The van der Waals surface area contributed by atoms with E-state index in [9.17, 15) is 13.9 Å². The summed E-state index contributed by atoms with van der Waals surface area (Å²) < 4.78 is 26.3. The average Bonchev–Trinajstić information content (AvgIpc) is 2.45. The number of aliphatic hydroxyl groups excluding tert-OH is 1. The zero-order chi connectivity index (χ0) is 14.8. The minimum absolute atomic E-state index is 0.111. The second-order valence-electron chi connectivity index (χ2n) is 4.93. The minimum atomic E-state index is -0.907. The maximum Gasteiger partial charge on any atom is 0.126 e. The van der Waals surface area contributed by atoms with Gasteiger partial charge in [-0.1, -0.05) is 24.3 Å². The summed E-state index contributed by atoms with van der Waals surface area (Å²) in [6.07, 6.45) is -0.796. The molecule has 0 aliphatic carbocycles. The van der Waals surface area contributed by atoms with Crippen LogP contribution >= 0.6 is 0 Å². The fraction of sp³-hybridized carbons (Fsp3) is 0.118. The number of aliphatic hydroxyl groups is 1. The molecular weight excluding hydrogens is 272 g/mol. The summed E-state index contributed by atoms with van der Waals surface area (Å²) in [4.78, 5) is 4.38. The number of rotatable bonds is 3. The van der Waals surface area contributed by atoms with E-state index in [2.05, 4.69) is 4.98 Å². The second kappa shape index (κ2) is 5.58. The van der Waals surface area contributed by atoms with E-state index in [1.807, 2.05) is 30.3 Å². The van der Waals surface area contributed by atoms with Crippen LogP contribution in [0.3, 0.4) is 0 Å². The van der Waals surface area contributed by atoms with Crippen LogP contribution in [0.15, 0.2) is 54.6 Å². The van der Waals surface area contributed by atoms with Gasteiger partial charge in [-0.15, -0.1) is 0 Å². The summed E-state index contributed by atoms with van der Waals surface area (Å²) >= 11 is 0. The van der Waals surface area contributed by atoms with Gasteiger partial charge in [0.25, 0.3) is 0 Å². The highest BCUT2D eigenvalue weighted by molar-refractivity contribution is 5.78. The van der Waals surface area contributed by atoms with Crippen molar-refractivity contribution < 1.29 is 13.9 Å². The third-order valence-corrected chi connectivity index (χ3v) is 3.31. The van der Waals surface area contributed by atoms with Crippen molar-refractivity contribution in [2.24, 2.45) is 0 Å². The molecule has 1 atom stereocenters. The molecule has 106 valence electrons. The van der Waals surface area contributed by atoms with Crippen LogP contribution in [0.2, 0.25) is 0 Å². The lowest BCUT2D eigenvalue weighted by Gasteiger charge is -2.11. The van der Waals surface area contributed by atoms with Crippen LogP contribution in [0.4, 0.5) is 8.78 Å². The first-order chi connectivity index (χ1) is 10.1. The van der Waals surface area contributed by atoms with E-state index in [-0.39, 0.29) is 6.42 Å². The summed E-state index contributed by atoms with van der Waals surface area (Å²) in [5.74, 6) is -1.30. The molecule has 3 aromatic rings. The van der Waals surface area contributed by atoms with Gasteiger partial charge in [0.05, 0.1) is 17.3 Å². The van der Waals surface area contributed by atoms with Gasteiger partial charge >= 0.3 is 0 Å². The van der Waals surface area contributed by atoms with Crippen LogP contribution < -0.4 is 0 Å². The zero-order valence-corrected chi connectivity index (χ0v) is 11.1. The Morgan fingerprint density at radius 3 is 2.43 bits per heavy atom. The monoisotopic (exact) mass is 285 g/mol. The van der Waals surface area contributed by atoms with Crippen molar-refractivity contribution in [2.75, 3.05) is 0 Å². The lowest BCUT2D eigenvalue weighted by molar-refractivity contribution is 0.174. The van der Waals surface area contributed by atoms with Crippen molar-refractivity contribution in [1.82, 2.24) is 4.98 Å². The fourth-order valence-corrected chi connectivity index (χ4v) is 2.32. The van der Waals surface area contributed by atoms with Crippen LogP contribution in [0.1, 0.15) is 17.4 Å². The van der Waals surface area contributed by atoms with Crippen LogP contribution in [0.25, 0.3) is 10.9 Å². The molecule has 0 spiro atoms. The van der Waals surface area contributed by atoms with Crippen molar-refractivity contribution in [3.63, 3.8) is 0 Å². The number of hydrogen-bond donors (Lipinski definition) is 1. The van der Waals surface area contributed by atoms with Crippen LogP contribution in [0.5, 0.6) is 0 Å². The smallest absolute Gasteiger partial charge is 0.126 e. The van der Waals surface area contributed by atoms with Gasteiger partial charge in [-0.2, -0.15) is 0 Å². The lowest BCUT2D eigenvalue weighted by Crippen LogP contribution is -2.05. The molecule has 0 aliphatic heterocycles. The Hall–Kier alpha value is -2.33. The van der Waals surface area contributed by atoms with Gasteiger partial charge in [-0.25, -0.2) is 8.78 Å². The number of fused-ring (bicyclic) bond motifs is 1. The predicted octanol–water partition coefficient (Wildman–Crippen LogP) is 3.79. The highest BCUT2D eigenvalue weighted by Crippen LogP contribution is 2.21. The summed E-state index contributed by atoms with van der Waals surface area (Å²) in [7, 11) is 0. The molecule has 0 saturated carbocycles. The van der Waals surface area contributed by atoms with Gasteiger partial charge in [0.2, 0.25) is 0 Å². The molecule has 1 heterocycles. The van der Waals surface area contributed by atoms with Crippen molar-refractivity contribution in [2.45, 2.75) is 12.5 Å².